The SMILES string of the molecule is CN(Cc1c(F)cccc1F)C(=O)Nc1ccc(S(=O)(=O)C(NCC(O)c2ccc(O)c(NS(C)(=O)=O)c2)C2CCNCC2)cc1. The number of nitrogens with zero attached hydrogens (tertiary/aromatic N) is 1. The zero-order valence-electron chi connectivity index (χ0n) is 25.2. The van der Waals surface area contributed by atoms with E-state index < -0.39 is 49.0 Å². The maximum atomic E-state index is 14.0. The molecular formula is C30H37F2N5O7S2. The van der Waals surface area contributed by atoms with Gasteiger partial charge in [0.05, 0.1) is 29.5 Å². The van der Waals surface area contributed by atoms with E-state index in [1.54, 1.807) is 0 Å². The van der Waals surface area contributed by atoms with Crippen LogP contribution >= 0.6 is 0 Å². The largest absolute Gasteiger partial charge is 0.506 e. The Bertz CT molecular complexity index is 1730. The number of piperidine rings is 1. The minimum absolute atomic E-state index is 0.0259. The Morgan fingerprint density at radius 1 is 1.02 bits per heavy atom. The molecule has 3 aromatic carbocycles. The number of benzene rings is 3. The van der Waals surface area contributed by atoms with E-state index in [2.05, 4.69) is 20.7 Å². The number of phenols is 1. The highest BCUT2D eigenvalue weighted by Crippen LogP contribution is 2.30. The molecule has 3 aromatic rings. The van der Waals surface area contributed by atoms with E-state index in [-0.39, 0.29) is 52.2 Å². The fraction of sp³-hybridized carbons (Fsp3) is 0.367. The molecule has 0 saturated carbocycles. The number of sulfone groups is 1. The van der Waals surface area contributed by atoms with Crippen LogP contribution in [0.3, 0.4) is 0 Å². The van der Waals surface area contributed by atoms with Gasteiger partial charge in [-0.05, 0) is 85.9 Å². The molecule has 1 aliphatic heterocycles. The lowest BCUT2D eigenvalue weighted by Gasteiger charge is -2.32. The number of nitrogens with one attached hydrogen (secondary N) is 4. The van der Waals surface area contributed by atoms with Crippen molar-refractivity contribution in [3.05, 3.63) is 83.4 Å². The smallest absolute Gasteiger partial charge is 0.321 e. The van der Waals surface area contributed by atoms with Crippen LogP contribution in [0.1, 0.15) is 30.1 Å². The average Bonchev–Trinajstić information content (AvgIpc) is 3.00. The molecule has 12 nitrogen and oxygen atoms in total. The summed E-state index contributed by atoms with van der Waals surface area (Å²) >= 11 is 0. The Labute approximate surface area is 266 Å². The zero-order chi connectivity index (χ0) is 33.6. The van der Waals surface area contributed by atoms with Crippen molar-refractivity contribution >= 4 is 37.3 Å². The van der Waals surface area contributed by atoms with Crippen molar-refractivity contribution in [3.63, 3.8) is 0 Å². The normalized spacial score (nSPS) is 15.6. The van der Waals surface area contributed by atoms with Gasteiger partial charge in [-0.2, -0.15) is 0 Å². The number of aromatic hydroxyl groups is 1. The number of hydrogen-bond acceptors (Lipinski definition) is 9. The number of carbonyl (C=O) groups is 1. The van der Waals surface area contributed by atoms with Crippen molar-refractivity contribution < 1.29 is 40.6 Å². The second-order valence-corrected chi connectivity index (χ2v) is 15.0. The Balaban J connectivity index is 1.47. The van der Waals surface area contributed by atoms with Gasteiger partial charge in [0.1, 0.15) is 22.8 Å². The van der Waals surface area contributed by atoms with Gasteiger partial charge in [0.15, 0.2) is 9.84 Å². The predicted octanol–water partition coefficient (Wildman–Crippen LogP) is 3.13. The zero-order valence-corrected chi connectivity index (χ0v) is 26.8. The van der Waals surface area contributed by atoms with E-state index in [4.69, 9.17) is 0 Å². The molecule has 46 heavy (non-hydrogen) atoms. The molecule has 1 fully saturated rings. The molecule has 2 atom stereocenters. The van der Waals surface area contributed by atoms with Gasteiger partial charge in [-0.25, -0.2) is 30.4 Å². The monoisotopic (exact) mass is 681 g/mol. The Morgan fingerprint density at radius 3 is 2.26 bits per heavy atom. The Kier molecular flexibility index (Phi) is 11.2. The number of hydrogen-bond donors (Lipinski definition) is 6. The van der Waals surface area contributed by atoms with Crippen molar-refractivity contribution in [2.75, 3.05) is 43.0 Å². The van der Waals surface area contributed by atoms with Crippen molar-refractivity contribution in [1.82, 2.24) is 15.5 Å². The van der Waals surface area contributed by atoms with Gasteiger partial charge >= 0.3 is 6.03 Å². The van der Waals surface area contributed by atoms with Crippen LogP contribution in [0.5, 0.6) is 5.75 Å². The molecule has 0 aromatic heterocycles. The van der Waals surface area contributed by atoms with Crippen molar-refractivity contribution in [2.24, 2.45) is 5.92 Å². The first-order valence-corrected chi connectivity index (χ1v) is 17.8. The third-order valence-corrected chi connectivity index (χ3v) is 10.3. The molecule has 0 radical (unpaired) electrons. The van der Waals surface area contributed by atoms with Crippen LogP contribution in [0.25, 0.3) is 0 Å². The van der Waals surface area contributed by atoms with Crippen molar-refractivity contribution in [2.45, 2.75) is 35.8 Å². The molecule has 0 spiro atoms. The van der Waals surface area contributed by atoms with Gasteiger partial charge in [-0.1, -0.05) is 12.1 Å². The Morgan fingerprint density at radius 2 is 1.65 bits per heavy atom. The van der Waals surface area contributed by atoms with Crippen LogP contribution in [0.2, 0.25) is 0 Å². The summed E-state index contributed by atoms with van der Waals surface area (Å²) in [5.41, 5.74) is 0.122. The number of sulfonamides is 1. The Hall–Kier alpha value is -3.83. The van der Waals surface area contributed by atoms with Gasteiger partial charge in [0.2, 0.25) is 10.0 Å². The molecule has 0 aliphatic carbocycles. The lowest BCUT2D eigenvalue weighted by molar-refractivity contribution is 0.168. The van der Waals surface area contributed by atoms with Crippen LogP contribution in [-0.4, -0.2) is 76.3 Å². The first kappa shape index (κ1) is 35.0. The number of amides is 2. The summed E-state index contributed by atoms with van der Waals surface area (Å²) in [4.78, 5) is 13.7. The summed E-state index contributed by atoms with van der Waals surface area (Å²) in [5.74, 6) is -2.20. The fourth-order valence-electron chi connectivity index (χ4n) is 5.15. The number of rotatable bonds is 12. The minimum atomic E-state index is -4.02. The standard InChI is InChI=1S/C30H37F2N5O7S2/c1-37(18-23-24(31)4-3-5-25(23)32)30(40)35-21-7-9-22(10-8-21)46(43,44)29(19-12-14-33-15-13-19)34-17-28(39)20-6-11-27(38)26(16-20)36-45(2,41)42/h3-11,16,19,28-29,33-34,36,38-39H,12-15,17-18H2,1-2H3,(H,35,40). The van der Waals surface area contributed by atoms with Gasteiger partial charge in [0, 0.05) is 24.8 Å². The van der Waals surface area contributed by atoms with E-state index >= 15 is 0 Å². The second-order valence-electron chi connectivity index (χ2n) is 11.1. The molecule has 1 aliphatic rings. The first-order valence-electron chi connectivity index (χ1n) is 14.4. The first-order chi connectivity index (χ1) is 21.7. The summed E-state index contributed by atoms with van der Waals surface area (Å²) in [5, 5.41) is 28.6. The van der Waals surface area contributed by atoms with Crippen molar-refractivity contribution in [3.8, 4) is 5.75 Å². The third-order valence-electron chi connectivity index (χ3n) is 7.60. The van der Waals surface area contributed by atoms with E-state index in [1.807, 2.05) is 0 Å². The van der Waals surface area contributed by atoms with E-state index in [1.165, 1.54) is 55.6 Å². The van der Waals surface area contributed by atoms with Crippen LogP contribution in [-0.2, 0) is 26.4 Å². The number of phenolic OH excluding ortho intramolecular Hbond substituents is 1. The average molecular weight is 682 g/mol. The summed E-state index contributed by atoms with van der Waals surface area (Å²) in [6.45, 7) is 0.690. The summed E-state index contributed by atoms with van der Waals surface area (Å²) in [6.07, 6.45) is 0.781. The van der Waals surface area contributed by atoms with E-state index in [0.717, 1.165) is 23.3 Å². The maximum Gasteiger partial charge on any atom is 0.321 e. The molecular weight excluding hydrogens is 644 g/mol. The summed E-state index contributed by atoms with van der Waals surface area (Å²) < 4.78 is 81.3. The number of urea groups is 1. The highest BCUT2D eigenvalue weighted by atomic mass is 32.2. The highest BCUT2D eigenvalue weighted by Gasteiger charge is 2.35. The second kappa shape index (κ2) is 14.7. The molecule has 250 valence electrons. The quantitative estimate of drug-likeness (QED) is 0.157. The number of carbonyl (C=O) groups excluding carboxylic acids is 1. The lowest BCUT2D eigenvalue weighted by atomic mass is 9.97. The molecule has 1 heterocycles. The molecule has 16 heteroatoms. The van der Waals surface area contributed by atoms with Gasteiger partial charge in [0.25, 0.3) is 0 Å². The molecule has 0 bridgehead atoms. The number of anilines is 2. The lowest BCUT2D eigenvalue weighted by Crippen LogP contribution is -2.47. The summed E-state index contributed by atoms with van der Waals surface area (Å²) in [7, 11) is -6.36. The molecule has 2 amide bonds. The van der Waals surface area contributed by atoms with Gasteiger partial charge in [-0.3, -0.25) is 10.0 Å². The highest BCUT2D eigenvalue weighted by molar-refractivity contribution is 7.92. The number of aliphatic hydroxyl groups is 1. The topological polar surface area (TPSA) is 177 Å². The van der Waals surface area contributed by atoms with Crippen molar-refractivity contribution in [1.29, 1.82) is 0 Å². The van der Waals surface area contributed by atoms with Crippen LogP contribution in [0, 0.1) is 17.6 Å². The van der Waals surface area contributed by atoms with Gasteiger partial charge in [-0.15, -0.1) is 0 Å². The molecule has 1 saturated heterocycles. The predicted molar refractivity (Wildman–Crippen MR) is 169 cm³/mol. The molecule has 4 rings (SSSR count). The van der Waals surface area contributed by atoms with Crippen LogP contribution in [0.15, 0.2) is 65.6 Å². The molecule has 6 N–H and O–H groups in total. The van der Waals surface area contributed by atoms with Gasteiger partial charge < -0.3 is 25.7 Å². The maximum absolute atomic E-state index is 14.0. The molecule has 2 unspecified atom stereocenters. The van der Waals surface area contributed by atoms with E-state index in [0.29, 0.717) is 25.9 Å². The van der Waals surface area contributed by atoms with Crippen LogP contribution in [0.4, 0.5) is 25.0 Å². The minimum Gasteiger partial charge on any atom is -0.506 e. The third kappa shape index (κ3) is 8.91. The number of halogens is 2. The number of aliphatic hydroxyl groups excluding tert-OH is 1. The van der Waals surface area contributed by atoms with E-state index in [9.17, 15) is 40.6 Å². The fourth-order valence-corrected chi connectivity index (χ4v) is 7.62. The van der Waals surface area contributed by atoms with Crippen LogP contribution < -0.4 is 20.7 Å². The summed E-state index contributed by atoms with van der Waals surface area (Å²) in [6, 6.07) is 12.2.